The highest BCUT2D eigenvalue weighted by atomic mass is 16.1. The van der Waals surface area contributed by atoms with Crippen LogP contribution >= 0.6 is 0 Å². The number of carbonyl (C=O) groups is 1. The Morgan fingerprint density at radius 1 is 1.25 bits per heavy atom. The van der Waals surface area contributed by atoms with Crippen molar-refractivity contribution >= 4 is 5.91 Å². The minimum Gasteiger partial charge on any atom is -0.353 e. The first-order valence-electron chi connectivity index (χ1n) is 6.19. The van der Waals surface area contributed by atoms with Crippen molar-refractivity contribution in [3.05, 3.63) is 35.4 Å². The van der Waals surface area contributed by atoms with Gasteiger partial charge in [0.05, 0.1) is 0 Å². The molecule has 1 atom stereocenters. The molecular weight excluding hydrogens is 198 g/mol. The third-order valence-corrected chi connectivity index (χ3v) is 3.57. The van der Waals surface area contributed by atoms with Crippen molar-refractivity contribution in [2.45, 2.75) is 44.1 Å². The fourth-order valence-electron chi connectivity index (χ4n) is 2.51. The maximum absolute atomic E-state index is 11.1. The smallest absolute Gasteiger partial charge is 0.220 e. The molecule has 1 aliphatic carbocycles. The highest BCUT2D eigenvalue weighted by Gasteiger charge is 2.24. The zero-order valence-electron chi connectivity index (χ0n) is 9.41. The van der Waals surface area contributed by atoms with E-state index >= 15 is 0 Å². The highest BCUT2D eigenvalue weighted by Crippen LogP contribution is 2.40. The SMILES string of the molecule is O=C1CCC(Cc2cccc(C3CC3)c2)N1. The first-order valence-corrected chi connectivity index (χ1v) is 6.19. The molecule has 3 rings (SSSR count). The van der Waals surface area contributed by atoms with Gasteiger partial charge in [-0.15, -0.1) is 0 Å². The van der Waals surface area contributed by atoms with Gasteiger partial charge >= 0.3 is 0 Å². The van der Waals surface area contributed by atoms with E-state index in [1.807, 2.05) is 0 Å². The zero-order valence-corrected chi connectivity index (χ0v) is 9.41. The Hall–Kier alpha value is -1.31. The van der Waals surface area contributed by atoms with Gasteiger partial charge in [-0.05, 0) is 42.7 Å². The molecule has 2 heteroatoms. The number of amides is 1. The molecule has 1 aromatic rings. The van der Waals surface area contributed by atoms with Crippen LogP contribution in [0.15, 0.2) is 24.3 Å². The van der Waals surface area contributed by atoms with E-state index in [0.717, 1.165) is 18.8 Å². The first kappa shape index (κ1) is 9.88. The summed E-state index contributed by atoms with van der Waals surface area (Å²) in [5.41, 5.74) is 2.86. The second-order valence-corrected chi connectivity index (χ2v) is 5.03. The molecule has 0 bridgehead atoms. The van der Waals surface area contributed by atoms with Gasteiger partial charge in [-0.1, -0.05) is 24.3 Å². The van der Waals surface area contributed by atoms with E-state index in [0.29, 0.717) is 12.5 Å². The van der Waals surface area contributed by atoms with Crippen LogP contribution in [-0.2, 0) is 11.2 Å². The van der Waals surface area contributed by atoms with Gasteiger partial charge in [0.15, 0.2) is 0 Å². The van der Waals surface area contributed by atoms with Gasteiger partial charge in [0, 0.05) is 12.5 Å². The number of carbonyl (C=O) groups excluding carboxylic acids is 1. The molecule has 0 spiro atoms. The molecule has 0 radical (unpaired) electrons. The summed E-state index contributed by atoms with van der Waals surface area (Å²) in [6, 6.07) is 9.24. The van der Waals surface area contributed by atoms with E-state index in [1.165, 1.54) is 24.0 Å². The molecule has 2 fully saturated rings. The van der Waals surface area contributed by atoms with Crippen LogP contribution < -0.4 is 5.32 Å². The molecule has 2 aliphatic rings. The lowest BCUT2D eigenvalue weighted by Crippen LogP contribution is -2.27. The molecule has 1 aliphatic heterocycles. The van der Waals surface area contributed by atoms with E-state index in [1.54, 1.807) is 0 Å². The molecule has 84 valence electrons. The summed E-state index contributed by atoms with van der Waals surface area (Å²) in [6.45, 7) is 0. The third-order valence-electron chi connectivity index (χ3n) is 3.57. The fraction of sp³-hybridized carbons (Fsp3) is 0.500. The zero-order chi connectivity index (χ0) is 11.0. The first-order chi connectivity index (χ1) is 7.81. The third kappa shape index (κ3) is 2.11. The molecule has 16 heavy (non-hydrogen) atoms. The van der Waals surface area contributed by atoms with Gasteiger partial charge in [-0.3, -0.25) is 4.79 Å². The van der Waals surface area contributed by atoms with Gasteiger partial charge in [0.25, 0.3) is 0 Å². The highest BCUT2D eigenvalue weighted by molar-refractivity contribution is 5.78. The number of benzene rings is 1. The average Bonchev–Trinajstić information content (AvgIpc) is 3.05. The lowest BCUT2D eigenvalue weighted by molar-refractivity contribution is -0.119. The molecule has 1 unspecified atom stereocenters. The average molecular weight is 215 g/mol. The van der Waals surface area contributed by atoms with Crippen molar-refractivity contribution in [2.75, 3.05) is 0 Å². The minimum absolute atomic E-state index is 0.211. The lowest BCUT2D eigenvalue weighted by atomic mass is 10.0. The number of rotatable bonds is 3. The van der Waals surface area contributed by atoms with Gasteiger partial charge < -0.3 is 5.32 Å². The van der Waals surface area contributed by atoms with Gasteiger partial charge in [-0.25, -0.2) is 0 Å². The summed E-state index contributed by atoms with van der Waals surface area (Å²) in [6.07, 6.45) is 5.39. The number of nitrogens with one attached hydrogen (secondary N) is 1. The molecule has 1 amide bonds. The molecule has 1 saturated carbocycles. The monoisotopic (exact) mass is 215 g/mol. The summed E-state index contributed by atoms with van der Waals surface area (Å²) in [7, 11) is 0. The maximum atomic E-state index is 11.1. The fourth-order valence-corrected chi connectivity index (χ4v) is 2.51. The Kier molecular flexibility index (Phi) is 2.43. The van der Waals surface area contributed by atoms with Crippen molar-refractivity contribution < 1.29 is 4.79 Å². The van der Waals surface area contributed by atoms with Crippen LogP contribution in [0.1, 0.15) is 42.7 Å². The second-order valence-electron chi connectivity index (χ2n) is 5.03. The van der Waals surface area contributed by atoms with E-state index < -0.39 is 0 Å². The quantitative estimate of drug-likeness (QED) is 0.824. The Balaban J connectivity index is 1.69. The predicted octanol–water partition coefficient (Wildman–Crippen LogP) is 2.39. The number of hydrogen-bond acceptors (Lipinski definition) is 1. The van der Waals surface area contributed by atoms with Crippen LogP contribution in [0.2, 0.25) is 0 Å². The van der Waals surface area contributed by atoms with Crippen molar-refractivity contribution in [2.24, 2.45) is 0 Å². The van der Waals surface area contributed by atoms with Crippen molar-refractivity contribution in [3.8, 4) is 0 Å². The minimum atomic E-state index is 0.211. The Labute approximate surface area is 96.1 Å². The molecule has 2 nitrogen and oxygen atoms in total. The van der Waals surface area contributed by atoms with E-state index in [2.05, 4.69) is 29.6 Å². The van der Waals surface area contributed by atoms with Crippen molar-refractivity contribution in [1.82, 2.24) is 5.32 Å². The van der Waals surface area contributed by atoms with E-state index in [-0.39, 0.29) is 5.91 Å². The molecule has 0 aromatic heterocycles. The summed E-state index contributed by atoms with van der Waals surface area (Å²) in [5.74, 6) is 1.03. The lowest BCUT2D eigenvalue weighted by Gasteiger charge is -2.10. The Morgan fingerprint density at radius 3 is 2.81 bits per heavy atom. The van der Waals surface area contributed by atoms with Crippen LogP contribution in [0, 0.1) is 0 Å². The van der Waals surface area contributed by atoms with Crippen LogP contribution in [0.4, 0.5) is 0 Å². The topological polar surface area (TPSA) is 29.1 Å². The van der Waals surface area contributed by atoms with Crippen molar-refractivity contribution in [1.29, 1.82) is 0 Å². The number of hydrogen-bond donors (Lipinski definition) is 1. The normalized spacial score (nSPS) is 24.5. The molecule has 1 N–H and O–H groups in total. The molecule has 1 heterocycles. The van der Waals surface area contributed by atoms with Crippen LogP contribution in [-0.4, -0.2) is 11.9 Å². The van der Waals surface area contributed by atoms with Crippen LogP contribution in [0.5, 0.6) is 0 Å². The largest absolute Gasteiger partial charge is 0.353 e. The van der Waals surface area contributed by atoms with Crippen molar-refractivity contribution in [3.63, 3.8) is 0 Å². The van der Waals surface area contributed by atoms with E-state index in [4.69, 9.17) is 0 Å². The Morgan fingerprint density at radius 2 is 2.12 bits per heavy atom. The summed E-state index contributed by atoms with van der Waals surface area (Å²) in [5, 5.41) is 3.03. The van der Waals surface area contributed by atoms with Crippen LogP contribution in [0.3, 0.4) is 0 Å². The summed E-state index contributed by atoms with van der Waals surface area (Å²) < 4.78 is 0. The summed E-state index contributed by atoms with van der Waals surface area (Å²) >= 11 is 0. The standard InChI is InChI=1S/C14H17NO/c16-14-7-6-13(15-14)9-10-2-1-3-12(8-10)11-4-5-11/h1-3,8,11,13H,4-7,9H2,(H,15,16). The van der Waals surface area contributed by atoms with Crippen LogP contribution in [0.25, 0.3) is 0 Å². The van der Waals surface area contributed by atoms with E-state index in [9.17, 15) is 4.79 Å². The molecule has 1 saturated heterocycles. The molecular formula is C14H17NO. The van der Waals surface area contributed by atoms with Gasteiger partial charge in [0.2, 0.25) is 5.91 Å². The second kappa shape index (κ2) is 3.93. The Bertz CT molecular complexity index is 409. The van der Waals surface area contributed by atoms with Gasteiger partial charge in [0.1, 0.15) is 0 Å². The predicted molar refractivity (Wildman–Crippen MR) is 63.3 cm³/mol. The summed E-state index contributed by atoms with van der Waals surface area (Å²) in [4.78, 5) is 11.1. The maximum Gasteiger partial charge on any atom is 0.220 e. The van der Waals surface area contributed by atoms with Gasteiger partial charge in [-0.2, -0.15) is 0 Å². The molecule has 1 aromatic carbocycles.